The summed E-state index contributed by atoms with van der Waals surface area (Å²) >= 11 is 0. The molecule has 5 heteroatoms. The van der Waals surface area contributed by atoms with Gasteiger partial charge in [0, 0.05) is 12.6 Å². The maximum Gasteiger partial charge on any atom is 0.191 e. The van der Waals surface area contributed by atoms with Crippen LogP contribution in [0.2, 0.25) is 0 Å². The van der Waals surface area contributed by atoms with E-state index in [0.29, 0.717) is 24.3 Å². The topological polar surface area (TPSA) is 45.7 Å². The van der Waals surface area contributed by atoms with Crippen molar-refractivity contribution >= 4 is 29.9 Å². The summed E-state index contributed by atoms with van der Waals surface area (Å²) < 4.78 is 5.96. The molecule has 4 rings (SSSR count). The summed E-state index contributed by atoms with van der Waals surface area (Å²) in [5.41, 5.74) is 0. The molecule has 2 saturated carbocycles. The average Bonchev–Trinajstić information content (AvgIpc) is 2.99. The molecule has 0 radical (unpaired) electrons. The second-order valence-corrected chi connectivity index (χ2v) is 7.73. The molecule has 0 aromatic rings. The second-order valence-electron chi connectivity index (χ2n) is 7.73. The number of fused-ring (bicyclic) bond motifs is 2. The van der Waals surface area contributed by atoms with Crippen LogP contribution in [-0.2, 0) is 4.74 Å². The number of guanidine groups is 1. The van der Waals surface area contributed by atoms with Gasteiger partial charge in [-0.1, -0.05) is 32.1 Å². The van der Waals surface area contributed by atoms with Crippen LogP contribution in [0.1, 0.15) is 64.7 Å². The van der Waals surface area contributed by atoms with Gasteiger partial charge in [0.05, 0.1) is 18.2 Å². The van der Waals surface area contributed by atoms with Gasteiger partial charge in [0.15, 0.2) is 5.96 Å². The molecule has 4 fully saturated rings. The fourth-order valence-corrected chi connectivity index (χ4v) is 4.90. The maximum atomic E-state index is 5.96. The third-order valence-electron chi connectivity index (χ3n) is 6.16. The molecule has 0 spiro atoms. The number of hydrogen-bond donors (Lipinski definition) is 2. The Morgan fingerprint density at radius 3 is 2.43 bits per heavy atom. The molecule has 2 saturated heterocycles. The van der Waals surface area contributed by atoms with Crippen molar-refractivity contribution in [1.29, 1.82) is 0 Å². The van der Waals surface area contributed by atoms with Gasteiger partial charge in [-0.3, -0.25) is 4.99 Å². The van der Waals surface area contributed by atoms with Crippen LogP contribution in [0.4, 0.5) is 0 Å². The highest BCUT2D eigenvalue weighted by atomic mass is 127. The summed E-state index contributed by atoms with van der Waals surface area (Å²) in [7, 11) is 0. The van der Waals surface area contributed by atoms with Gasteiger partial charge >= 0.3 is 0 Å². The highest BCUT2D eigenvalue weighted by Crippen LogP contribution is 2.44. The minimum atomic E-state index is 0. The number of nitrogens with one attached hydrogen (secondary N) is 2. The van der Waals surface area contributed by atoms with Crippen molar-refractivity contribution in [3.63, 3.8) is 0 Å². The highest BCUT2D eigenvalue weighted by Gasteiger charge is 2.45. The van der Waals surface area contributed by atoms with Gasteiger partial charge in [-0.25, -0.2) is 0 Å². The maximum absolute atomic E-state index is 5.96. The van der Waals surface area contributed by atoms with Crippen LogP contribution in [0.25, 0.3) is 0 Å². The van der Waals surface area contributed by atoms with Gasteiger partial charge in [0.2, 0.25) is 0 Å². The van der Waals surface area contributed by atoms with E-state index in [4.69, 9.17) is 4.74 Å². The van der Waals surface area contributed by atoms with E-state index in [9.17, 15) is 0 Å². The van der Waals surface area contributed by atoms with Crippen molar-refractivity contribution in [2.45, 2.75) is 89.0 Å². The molecule has 23 heavy (non-hydrogen) atoms. The van der Waals surface area contributed by atoms with Gasteiger partial charge in [0.1, 0.15) is 0 Å². The van der Waals surface area contributed by atoms with Crippen LogP contribution in [0.5, 0.6) is 0 Å². The molecular formula is C18H32IN3O. The Balaban J connectivity index is 0.00000156. The van der Waals surface area contributed by atoms with Crippen LogP contribution in [0, 0.1) is 11.8 Å². The first-order valence-electron chi connectivity index (χ1n) is 9.56. The smallest absolute Gasteiger partial charge is 0.191 e. The zero-order chi connectivity index (χ0) is 14.9. The average molecular weight is 433 g/mol. The van der Waals surface area contributed by atoms with Crippen molar-refractivity contribution in [1.82, 2.24) is 10.6 Å². The van der Waals surface area contributed by atoms with Crippen molar-refractivity contribution in [3.8, 4) is 0 Å². The minimum absolute atomic E-state index is 0. The monoisotopic (exact) mass is 433 g/mol. The van der Waals surface area contributed by atoms with E-state index in [2.05, 4.69) is 22.5 Å². The highest BCUT2D eigenvalue weighted by molar-refractivity contribution is 14.0. The third kappa shape index (κ3) is 4.14. The van der Waals surface area contributed by atoms with Crippen molar-refractivity contribution in [2.24, 2.45) is 16.8 Å². The Morgan fingerprint density at radius 1 is 1.00 bits per heavy atom. The van der Waals surface area contributed by atoms with E-state index < -0.39 is 0 Å². The standard InChI is InChI=1S/C18H31N3O.HI/c1-2-19-18(21-16-10-13-8-9-17(16)22-13)20-15-11-14(15)12-6-4-3-5-7-12;/h12-17H,2-11H2,1H3,(H2,19,20,21);1H. The molecule has 2 N–H and O–H groups in total. The molecule has 2 aliphatic heterocycles. The van der Waals surface area contributed by atoms with E-state index in [1.807, 2.05) is 0 Å². The van der Waals surface area contributed by atoms with E-state index in [1.165, 1.54) is 51.4 Å². The molecule has 5 atom stereocenters. The first-order valence-corrected chi connectivity index (χ1v) is 9.56. The lowest BCUT2D eigenvalue weighted by Crippen LogP contribution is -2.48. The van der Waals surface area contributed by atoms with Crippen LogP contribution in [0.15, 0.2) is 4.99 Å². The number of rotatable bonds is 4. The molecule has 4 nitrogen and oxygen atoms in total. The summed E-state index contributed by atoms with van der Waals surface area (Å²) in [6.07, 6.45) is 13.2. The summed E-state index contributed by atoms with van der Waals surface area (Å²) in [5.74, 6) is 2.91. The normalized spacial score (nSPS) is 39.9. The lowest BCUT2D eigenvalue weighted by atomic mass is 9.85. The summed E-state index contributed by atoms with van der Waals surface area (Å²) in [5, 5.41) is 7.37. The van der Waals surface area contributed by atoms with Gasteiger partial charge in [-0.15, -0.1) is 24.0 Å². The Morgan fingerprint density at radius 2 is 1.78 bits per heavy atom. The molecule has 2 aliphatic carbocycles. The fourth-order valence-electron chi connectivity index (χ4n) is 4.90. The van der Waals surface area contributed by atoms with E-state index >= 15 is 0 Å². The zero-order valence-corrected chi connectivity index (χ0v) is 16.6. The zero-order valence-electron chi connectivity index (χ0n) is 14.3. The van der Waals surface area contributed by atoms with E-state index in [1.54, 1.807) is 0 Å². The van der Waals surface area contributed by atoms with Crippen molar-refractivity contribution in [3.05, 3.63) is 0 Å². The third-order valence-corrected chi connectivity index (χ3v) is 6.16. The van der Waals surface area contributed by atoms with Gasteiger partial charge < -0.3 is 15.4 Å². The Hall–Kier alpha value is -0.0400. The van der Waals surface area contributed by atoms with E-state index in [0.717, 1.165) is 30.8 Å². The predicted octanol–water partition coefficient (Wildman–Crippen LogP) is 3.45. The molecule has 4 aliphatic rings. The van der Waals surface area contributed by atoms with E-state index in [-0.39, 0.29) is 24.0 Å². The first kappa shape index (κ1) is 17.8. The second kappa shape index (κ2) is 7.89. The molecule has 0 aromatic carbocycles. The number of nitrogens with zero attached hydrogens (tertiary/aromatic N) is 1. The van der Waals surface area contributed by atoms with Crippen LogP contribution >= 0.6 is 24.0 Å². The van der Waals surface area contributed by atoms with Crippen LogP contribution in [-0.4, -0.2) is 36.8 Å². The largest absolute Gasteiger partial charge is 0.373 e. The number of hydrogen-bond acceptors (Lipinski definition) is 2. The molecule has 0 aromatic heterocycles. The SMILES string of the molecule is CCN=C(NC1CC2CCC1O2)NC1CC1C1CCCCC1.I. The van der Waals surface area contributed by atoms with Gasteiger partial charge in [-0.05, 0) is 44.4 Å². The predicted molar refractivity (Wildman–Crippen MR) is 104 cm³/mol. The number of halogens is 1. The van der Waals surface area contributed by atoms with Crippen LogP contribution < -0.4 is 10.6 Å². The van der Waals surface area contributed by atoms with Crippen molar-refractivity contribution in [2.75, 3.05) is 6.54 Å². The fraction of sp³-hybridized carbons (Fsp3) is 0.944. The molecule has 132 valence electrons. The lowest BCUT2D eigenvalue weighted by molar-refractivity contribution is 0.0992. The lowest BCUT2D eigenvalue weighted by Gasteiger charge is -2.24. The molecule has 5 unspecified atom stereocenters. The Kier molecular flexibility index (Phi) is 6.10. The molecule has 2 bridgehead atoms. The first-order chi connectivity index (χ1) is 10.8. The quantitative estimate of drug-likeness (QED) is 0.406. The van der Waals surface area contributed by atoms with Crippen molar-refractivity contribution < 1.29 is 4.74 Å². The van der Waals surface area contributed by atoms with Crippen LogP contribution in [0.3, 0.4) is 0 Å². The number of ether oxygens (including phenoxy) is 1. The minimum Gasteiger partial charge on any atom is -0.373 e. The Labute approximate surface area is 157 Å². The summed E-state index contributed by atoms with van der Waals surface area (Å²) in [4.78, 5) is 4.67. The molecular weight excluding hydrogens is 401 g/mol. The summed E-state index contributed by atoms with van der Waals surface area (Å²) in [6.45, 7) is 2.96. The van der Waals surface area contributed by atoms with Gasteiger partial charge in [-0.2, -0.15) is 0 Å². The van der Waals surface area contributed by atoms with Gasteiger partial charge in [0.25, 0.3) is 0 Å². The molecule has 0 amide bonds. The molecule has 2 heterocycles. The number of aliphatic imine (C=N–C) groups is 1. The Bertz CT molecular complexity index is 424. The summed E-state index contributed by atoms with van der Waals surface area (Å²) in [6, 6.07) is 1.14.